The average molecular weight is 284 g/mol. The molecule has 0 saturated heterocycles. The quantitative estimate of drug-likeness (QED) is 0.903. The highest BCUT2D eigenvalue weighted by molar-refractivity contribution is 6.34. The van der Waals surface area contributed by atoms with Crippen LogP contribution in [0.4, 0.5) is 5.69 Å². The summed E-state index contributed by atoms with van der Waals surface area (Å²) in [6, 6.07) is 3.71. The number of carbonyl (C=O) groups is 2. The molecule has 0 aliphatic rings. The molecule has 0 spiro atoms. The van der Waals surface area contributed by atoms with E-state index in [-0.39, 0.29) is 18.9 Å². The monoisotopic (exact) mass is 283 g/mol. The van der Waals surface area contributed by atoms with Gasteiger partial charge in [0.05, 0.1) is 17.1 Å². The van der Waals surface area contributed by atoms with Crippen LogP contribution in [0.2, 0.25) is 5.02 Å². The zero-order valence-electron chi connectivity index (χ0n) is 11.4. The van der Waals surface area contributed by atoms with Gasteiger partial charge < -0.3 is 10.0 Å². The van der Waals surface area contributed by atoms with Crippen LogP contribution < -0.4 is 4.90 Å². The minimum absolute atomic E-state index is 0.102. The van der Waals surface area contributed by atoms with Crippen LogP contribution in [0.1, 0.15) is 30.9 Å². The molecule has 0 aliphatic carbocycles. The number of carbonyl (C=O) groups excluding carboxylic acids is 1. The van der Waals surface area contributed by atoms with Gasteiger partial charge in [0.15, 0.2) is 0 Å². The number of carboxylic acids is 1. The molecule has 0 atom stereocenters. The number of amides is 1. The molecular weight excluding hydrogens is 266 g/mol. The van der Waals surface area contributed by atoms with Gasteiger partial charge in [-0.25, -0.2) is 0 Å². The number of benzene rings is 1. The van der Waals surface area contributed by atoms with Crippen molar-refractivity contribution in [2.75, 3.05) is 11.4 Å². The van der Waals surface area contributed by atoms with Crippen molar-refractivity contribution in [3.8, 4) is 0 Å². The lowest BCUT2D eigenvalue weighted by Gasteiger charge is -2.25. The van der Waals surface area contributed by atoms with E-state index in [0.717, 1.165) is 11.1 Å². The van der Waals surface area contributed by atoms with Gasteiger partial charge in [0.1, 0.15) is 0 Å². The van der Waals surface area contributed by atoms with E-state index < -0.39 is 5.97 Å². The van der Waals surface area contributed by atoms with Gasteiger partial charge in [-0.15, -0.1) is 0 Å². The number of nitrogens with zero attached hydrogens (tertiary/aromatic N) is 1. The minimum Gasteiger partial charge on any atom is -0.481 e. The van der Waals surface area contributed by atoms with Crippen LogP contribution in [0.15, 0.2) is 12.1 Å². The fourth-order valence-corrected chi connectivity index (χ4v) is 2.43. The summed E-state index contributed by atoms with van der Waals surface area (Å²) in [6.45, 7) is 5.66. The zero-order valence-corrected chi connectivity index (χ0v) is 12.1. The van der Waals surface area contributed by atoms with E-state index in [1.165, 1.54) is 4.90 Å². The van der Waals surface area contributed by atoms with Crippen molar-refractivity contribution in [3.05, 3.63) is 28.3 Å². The van der Waals surface area contributed by atoms with Crippen molar-refractivity contribution in [2.45, 2.75) is 33.6 Å². The Balaban J connectivity index is 3.17. The third kappa shape index (κ3) is 3.96. The molecule has 1 amide bonds. The number of rotatable bonds is 5. The average Bonchev–Trinajstić information content (AvgIpc) is 2.30. The summed E-state index contributed by atoms with van der Waals surface area (Å²) in [7, 11) is 0. The molecule has 4 nitrogen and oxygen atoms in total. The molecule has 0 aliphatic heterocycles. The normalized spacial score (nSPS) is 10.3. The van der Waals surface area contributed by atoms with Crippen LogP contribution in [-0.4, -0.2) is 23.5 Å². The molecule has 0 fully saturated rings. The van der Waals surface area contributed by atoms with E-state index in [0.29, 0.717) is 17.1 Å². The predicted molar refractivity (Wildman–Crippen MR) is 75.8 cm³/mol. The smallest absolute Gasteiger partial charge is 0.305 e. The molecular formula is C14H18ClNO3. The fourth-order valence-electron chi connectivity index (χ4n) is 2.01. The number of carboxylic acid groups (broad SMARTS) is 1. The molecule has 0 saturated carbocycles. The van der Waals surface area contributed by atoms with Crippen molar-refractivity contribution >= 4 is 29.2 Å². The first-order valence-electron chi connectivity index (χ1n) is 6.15. The van der Waals surface area contributed by atoms with E-state index >= 15 is 0 Å². The van der Waals surface area contributed by atoms with E-state index in [1.54, 1.807) is 13.0 Å². The molecule has 0 bridgehead atoms. The number of aliphatic carboxylic acids is 1. The summed E-state index contributed by atoms with van der Waals surface area (Å²) >= 11 is 6.20. The Hall–Kier alpha value is -1.55. The summed E-state index contributed by atoms with van der Waals surface area (Å²) < 4.78 is 0. The van der Waals surface area contributed by atoms with Crippen molar-refractivity contribution in [3.63, 3.8) is 0 Å². The Labute approximate surface area is 118 Å². The van der Waals surface area contributed by atoms with Crippen LogP contribution in [0.5, 0.6) is 0 Å². The lowest BCUT2D eigenvalue weighted by molar-refractivity contribution is -0.136. The van der Waals surface area contributed by atoms with Gasteiger partial charge in [-0.05, 0) is 31.0 Å². The maximum Gasteiger partial charge on any atom is 0.305 e. The lowest BCUT2D eigenvalue weighted by atomic mass is 10.1. The maximum absolute atomic E-state index is 12.0. The minimum atomic E-state index is -0.935. The Bertz CT molecular complexity index is 476. The second-order valence-electron chi connectivity index (χ2n) is 4.45. The van der Waals surface area contributed by atoms with Gasteiger partial charge in [-0.2, -0.15) is 0 Å². The topological polar surface area (TPSA) is 57.6 Å². The van der Waals surface area contributed by atoms with Crippen molar-refractivity contribution in [1.29, 1.82) is 0 Å². The van der Waals surface area contributed by atoms with Crippen LogP contribution in [-0.2, 0) is 9.59 Å². The molecule has 0 heterocycles. The molecule has 0 aromatic heterocycles. The molecule has 1 rings (SSSR count). The van der Waals surface area contributed by atoms with E-state index in [1.807, 2.05) is 19.9 Å². The maximum atomic E-state index is 12.0. The van der Waals surface area contributed by atoms with Crippen LogP contribution in [0.25, 0.3) is 0 Å². The second-order valence-corrected chi connectivity index (χ2v) is 4.86. The number of halogens is 1. The molecule has 104 valence electrons. The summed E-state index contributed by atoms with van der Waals surface area (Å²) in [4.78, 5) is 24.2. The largest absolute Gasteiger partial charge is 0.481 e. The van der Waals surface area contributed by atoms with Gasteiger partial charge in [0.2, 0.25) is 5.91 Å². The summed E-state index contributed by atoms with van der Waals surface area (Å²) in [5, 5.41) is 9.25. The Morgan fingerprint density at radius 2 is 1.95 bits per heavy atom. The number of hydrogen-bond donors (Lipinski definition) is 1. The first kappa shape index (κ1) is 15.5. The second kappa shape index (κ2) is 6.57. The highest BCUT2D eigenvalue weighted by atomic mass is 35.5. The lowest BCUT2D eigenvalue weighted by Crippen LogP contribution is -2.33. The van der Waals surface area contributed by atoms with E-state index in [4.69, 9.17) is 16.7 Å². The summed E-state index contributed by atoms with van der Waals surface area (Å²) in [5.74, 6) is -1.06. The molecule has 0 radical (unpaired) electrons. The zero-order chi connectivity index (χ0) is 14.6. The third-order valence-electron chi connectivity index (χ3n) is 2.82. The number of anilines is 1. The highest BCUT2D eigenvalue weighted by Crippen LogP contribution is 2.31. The van der Waals surface area contributed by atoms with Gasteiger partial charge in [0, 0.05) is 13.0 Å². The van der Waals surface area contributed by atoms with Crippen LogP contribution >= 0.6 is 11.6 Å². The molecule has 1 aromatic carbocycles. The van der Waals surface area contributed by atoms with Crippen molar-refractivity contribution in [1.82, 2.24) is 0 Å². The molecule has 19 heavy (non-hydrogen) atoms. The Morgan fingerprint density at radius 1 is 1.32 bits per heavy atom. The van der Waals surface area contributed by atoms with Gasteiger partial charge in [0.25, 0.3) is 0 Å². The van der Waals surface area contributed by atoms with Crippen LogP contribution in [0, 0.1) is 13.8 Å². The molecule has 1 aromatic rings. The Kier molecular flexibility index (Phi) is 5.36. The van der Waals surface area contributed by atoms with Gasteiger partial charge >= 0.3 is 5.97 Å². The SMILES string of the molecule is CCC(=O)N(CCC(=O)O)c1c(C)cc(C)cc1Cl. The van der Waals surface area contributed by atoms with Gasteiger partial charge in [-0.1, -0.05) is 24.6 Å². The van der Waals surface area contributed by atoms with Gasteiger partial charge in [-0.3, -0.25) is 9.59 Å². The molecule has 5 heteroatoms. The third-order valence-corrected chi connectivity index (χ3v) is 3.11. The van der Waals surface area contributed by atoms with E-state index in [2.05, 4.69) is 0 Å². The van der Waals surface area contributed by atoms with E-state index in [9.17, 15) is 9.59 Å². The fraction of sp³-hybridized carbons (Fsp3) is 0.429. The first-order valence-corrected chi connectivity index (χ1v) is 6.53. The molecule has 1 N–H and O–H groups in total. The Morgan fingerprint density at radius 3 is 2.42 bits per heavy atom. The highest BCUT2D eigenvalue weighted by Gasteiger charge is 2.20. The number of hydrogen-bond acceptors (Lipinski definition) is 2. The van der Waals surface area contributed by atoms with Crippen molar-refractivity contribution < 1.29 is 14.7 Å². The standard InChI is InChI=1S/C14H18ClNO3/c1-4-12(17)16(6-5-13(18)19)14-10(3)7-9(2)8-11(14)15/h7-8H,4-6H2,1-3H3,(H,18,19). The molecule has 0 unspecified atom stereocenters. The van der Waals surface area contributed by atoms with Crippen LogP contribution in [0.3, 0.4) is 0 Å². The van der Waals surface area contributed by atoms with Crippen molar-refractivity contribution in [2.24, 2.45) is 0 Å². The number of aryl methyl sites for hydroxylation is 2. The predicted octanol–water partition coefficient (Wildman–Crippen LogP) is 3.17. The summed E-state index contributed by atoms with van der Waals surface area (Å²) in [6.07, 6.45) is 0.207. The first-order chi connectivity index (χ1) is 8.86. The summed E-state index contributed by atoms with van der Waals surface area (Å²) in [5.41, 5.74) is 2.49.